The molecule has 0 amide bonds. The van der Waals surface area contributed by atoms with Gasteiger partial charge in [-0.25, -0.2) is 0 Å². The first-order chi connectivity index (χ1) is 6.74. The Morgan fingerprint density at radius 3 is 2.79 bits per heavy atom. The SMILES string of the molecule is Cc1ccc(C)c(/C=C/CCCN)c1. The minimum atomic E-state index is 0.775. The molecule has 0 atom stereocenters. The van der Waals surface area contributed by atoms with Crippen LogP contribution in [0.4, 0.5) is 0 Å². The summed E-state index contributed by atoms with van der Waals surface area (Å²) in [5, 5.41) is 0. The molecule has 76 valence electrons. The molecule has 0 fully saturated rings. The van der Waals surface area contributed by atoms with E-state index < -0.39 is 0 Å². The normalized spacial score (nSPS) is 11.1. The molecular formula is C13H19N. The summed E-state index contributed by atoms with van der Waals surface area (Å²) in [6, 6.07) is 6.53. The number of aryl methyl sites for hydroxylation is 2. The van der Waals surface area contributed by atoms with E-state index in [0.29, 0.717) is 0 Å². The molecule has 0 saturated heterocycles. The molecule has 1 aromatic carbocycles. The van der Waals surface area contributed by atoms with Gasteiger partial charge in [-0.15, -0.1) is 0 Å². The molecule has 0 unspecified atom stereocenters. The number of rotatable bonds is 4. The van der Waals surface area contributed by atoms with Gasteiger partial charge in [0.25, 0.3) is 0 Å². The second-order valence-corrected chi connectivity index (χ2v) is 3.69. The van der Waals surface area contributed by atoms with Crippen molar-refractivity contribution < 1.29 is 0 Å². The molecule has 0 saturated carbocycles. The second-order valence-electron chi connectivity index (χ2n) is 3.69. The predicted octanol–water partition coefficient (Wildman–Crippen LogP) is 3.06. The number of nitrogens with two attached hydrogens (primary N) is 1. The Balaban J connectivity index is 2.65. The van der Waals surface area contributed by atoms with Crippen molar-refractivity contribution in [1.29, 1.82) is 0 Å². The lowest BCUT2D eigenvalue weighted by atomic mass is 10.0. The summed E-state index contributed by atoms with van der Waals surface area (Å²) in [6.45, 7) is 5.04. The molecule has 0 spiro atoms. The average molecular weight is 189 g/mol. The van der Waals surface area contributed by atoms with Gasteiger partial charge in [0.2, 0.25) is 0 Å². The summed E-state index contributed by atoms with van der Waals surface area (Å²) >= 11 is 0. The summed E-state index contributed by atoms with van der Waals surface area (Å²) < 4.78 is 0. The van der Waals surface area contributed by atoms with Crippen LogP contribution in [0.5, 0.6) is 0 Å². The van der Waals surface area contributed by atoms with E-state index in [0.717, 1.165) is 19.4 Å². The Bertz CT molecular complexity index is 313. The van der Waals surface area contributed by atoms with Crippen molar-refractivity contribution in [2.24, 2.45) is 5.73 Å². The van der Waals surface area contributed by atoms with Gasteiger partial charge in [-0.05, 0) is 44.4 Å². The van der Waals surface area contributed by atoms with Crippen molar-refractivity contribution in [2.75, 3.05) is 6.54 Å². The zero-order valence-electron chi connectivity index (χ0n) is 9.09. The van der Waals surface area contributed by atoms with Crippen LogP contribution in [0.3, 0.4) is 0 Å². The Morgan fingerprint density at radius 2 is 2.07 bits per heavy atom. The fourth-order valence-electron chi connectivity index (χ4n) is 1.39. The quantitative estimate of drug-likeness (QED) is 0.724. The van der Waals surface area contributed by atoms with E-state index in [4.69, 9.17) is 5.73 Å². The third-order valence-electron chi connectivity index (χ3n) is 2.31. The maximum atomic E-state index is 5.43. The highest BCUT2D eigenvalue weighted by Gasteiger charge is 1.93. The topological polar surface area (TPSA) is 26.0 Å². The van der Waals surface area contributed by atoms with Gasteiger partial charge in [0.15, 0.2) is 0 Å². The van der Waals surface area contributed by atoms with Crippen molar-refractivity contribution in [2.45, 2.75) is 26.7 Å². The molecule has 1 aromatic rings. The van der Waals surface area contributed by atoms with Crippen molar-refractivity contribution >= 4 is 6.08 Å². The predicted molar refractivity (Wildman–Crippen MR) is 63.2 cm³/mol. The van der Waals surface area contributed by atoms with Gasteiger partial charge in [0, 0.05) is 0 Å². The molecule has 0 bridgehead atoms. The summed E-state index contributed by atoms with van der Waals surface area (Å²) in [6.07, 6.45) is 6.54. The van der Waals surface area contributed by atoms with Crippen LogP contribution in [-0.4, -0.2) is 6.54 Å². The van der Waals surface area contributed by atoms with E-state index in [2.05, 4.69) is 44.2 Å². The van der Waals surface area contributed by atoms with Crippen LogP contribution in [0.2, 0.25) is 0 Å². The van der Waals surface area contributed by atoms with E-state index >= 15 is 0 Å². The number of hydrogen-bond acceptors (Lipinski definition) is 1. The van der Waals surface area contributed by atoms with Crippen LogP contribution in [0.1, 0.15) is 29.5 Å². The van der Waals surface area contributed by atoms with E-state index in [-0.39, 0.29) is 0 Å². The smallest absolute Gasteiger partial charge is 0.00743 e. The van der Waals surface area contributed by atoms with Gasteiger partial charge in [0.05, 0.1) is 0 Å². The maximum absolute atomic E-state index is 5.43. The van der Waals surface area contributed by atoms with Crippen LogP contribution in [0, 0.1) is 13.8 Å². The van der Waals surface area contributed by atoms with E-state index in [9.17, 15) is 0 Å². The Morgan fingerprint density at radius 1 is 1.29 bits per heavy atom. The fraction of sp³-hybridized carbons (Fsp3) is 0.385. The molecule has 0 aliphatic carbocycles. The number of benzene rings is 1. The molecule has 1 heteroatoms. The number of unbranched alkanes of at least 4 members (excludes halogenated alkanes) is 1. The summed E-state index contributed by atoms with van der Waals surface area (Å²) in [7, 11) is 0. The molecule has 0 aliphatic rings. The second kappa shape index (κ2) is 5.61. The minimum Gasteiger partial charge on any atom is -0.330 e. The number of hydrogen-bond donors (Lipinski definition) is 1. The summed E-state index contributed by atoms with van der Waals surface area (Å²) in [5.74, 6) is 0. The third-order valence-corrected chi connectivity index (χ3v) is 2.31. The molecule has 0 aromatic heterocycles. The van der Waals surface area contributed by atoms with E-state index in [1.807, 2.05) is 0 Å². The lowest BCUT2D eigenvalue weighted by Gasteiger charge is -2.01. The maximum Gasteiger partial charge on any atom is -0.00743 e. The first-order valence-electron chi connectivity index (χ1n) is 5.18. The molecule has 0 heterocycles. The zero-order chi connectivity index (χ0) is 10.4. The minimum absolute atomic E-state index is 0.775. The van der Waals surface area contributed by atoms with Crippen LogP contribution >= 0.6 is 0 Å². The largest absolute Gasteiger partial charge is 0.330 e. The van der Waals surface area contributed by atoms with Crippen molar-refractivity contribution in [3.8, 4) is 0 Å². The van der Waals surface area contributed by atoms with E-state index in [1.165, 1.54) is 16.7 Å². The van der Waals surface area contributed by atoms with Gasteiger partial charge in [0.1, 0.15) is 0 Å². The van der Waals surface area contributed by atoms with Gasteiger partial charge in [-0.3, -0.25) is 0 Å². The monoisotopic (exact) mass is 189 g/mol. The van der Waals surface area contributed by atoms with Crippen molar-refractivity contribution in [3.63, 3.8) is 0 Å². The van der Waals surface area contributed by atoms with Crippen LogP contribution in [-0.2, 0) is 0 Å². The molecule has 14 heavy (non-hydrogen) atoms. The standard InChI is InChI=1S/C13H19N/c1-11-7-8-12(2)13(10-11)6-4-3-5-9-14/h4,6-8,10H,3,5,9,14H2,1-2H3/b6-4+. The van der Waals surface area contributed by atoms with Gasteiger partial charge < -0.3 is 5.73 Å². The summed E-state index contributed by atoms with van der Waals surface area (Å²) in [5.41, 5.74) is 9.40. The summed E-state index contributed by atoms with van der Waals surface area (Å²) in [4.78, 5) is 0. The number of allylic oxidation sites excluding steroid dienone is 1. The third kappa shape index (κ3) is 3.35. The first-order valence-corrected chi connectivity index (χ1v) is 5.18. The van der Waals surface area contributed by atoms with E-state index in [1.54, 1.807) is 0 Å². The van der Waals surface area contributed by atoms with Crippen LogP contribution < -0.4 is 5.73 Å². The zero-order valence-corrected chi connectivity index (χ0v) is 9.09. The van der Waals surface area contributed by atoms with Gasteiger partial charge >= 0.3 is 0 Å². The Labute approximate surface area is 86.6 Å². The lowest BCUT2D eigenvalue weighted by Crippen LogP contribution is -1.96. The van der Waals surface area contributed by atoms with Crippen LogP contribution in [0.15, 0.2) is 24.3 Å². The Kier molecular flexibility index (Phi) is 4.41. The highest BCUT2D eigenvalue weighted by molar-refractivity contribution is 5.54. The van der Waals surface area contributed by atoms with Crippen LogP contribution in [0.25, 0.3) is 6.08 Å². The lowest BCUT2D eigenvalue weighted by molar-refractivity contribution is 0.857. The molecule has 1 rings (SSSR count). The molecule has 0 aliphatic heterocycles. The molecule has 1 nitrogen and oxygen atoms in total. The molecule has 0 radical (unpaired) electrons. The fourth-order valence-corrected chi connectivity index (χ4v) is 1.39. The first kappa shape index (κ1) is 11.0. The Hall–Kier alpha value is -1.08. The molecule has 2 N–H and O–H groups in total. The van der Waals surface area contributed by atoms with Crippen molar-refractivity contribution in [3.05, 3.63) is 41.0 Å². The highest BCUT2D eigenvalue weighted by Crippen LogP contribution is 2.12. The highest BCUT2D eigenvalue weighted by atomic mass is 14.5. The van der Waals surface area contributed by atoms with Crippen molar-refractivity contribution in [1.82, 2.24) is 0 Å². The average Bonchev–Trinajstić information content (AvgIpc) is 2.18. The van der Waals surface area contributed by atoms with Gasteiger partial charge in [-0.2, -0.15) is 0 Å². The molecular weight excluding hydrogens is 170 g/mol. The van der Waals surface area contributed by atoms with Gasteiger partial charge in [-0.1, -0.05) is 35.9 Å².